The fourth-order valence-electron chi connectivity index (χ4n) is 1.56. The van der Waals surface area contributed by atoms with Crippen LogP contribution in [0.3, 0.4) is 0 Å². The predicted octanol–water partition coefficient (Wildman–Crippen LogP) is 3.20. The normalized spacial score (nSPS) is 12.4. The van der Waals surface area contributed by atoms with Gasteiger partial charge >= 0.3 is 5.97 Å². The number of carbonyl (C=O) groups is 1. The van der Waals surface area contributed by atoms with Crippen LogP contribution in [0.4, 0.5) is 0 Å². The number of hydrogen-bond donors (Lipinski definition) is 4. The molecule has 0 aromatic rings. The minimum atomic E-state index is -0.784. The van der Waals surface area contributed by atoms with Gasteiger partial charge in [-0.25, -0.2) is 4.79 Å². The lowest BCUT2D eigenvalue weighted by atomic mass is 9.93. The van der Waals surface area contributed by atoms with Crippen molar-refractivity contribution >= 4 is 24.0 Å². The lowest BCUT2D eigenvalue weighted by Crippen LogP contribution is -2.26. The van der Waals surface area contributed by atoms with Crippen LogP contribution >= 0.6 is 0 Å². The molecule has 146 valence electrons. The van der Waals surface area contributed by atoms with Crippen LogP contribution < -0.4 is 5.32 Å². The lowest BCUT2D eigenvalue weighted by molar-refractivity contribution is -0.138. The molecule has 0 saturated heterocycles. The lowest BCUT2D eigenvalue weighted by Gasteiger charge is -2.21. The molecule has 0 saturated carbocycles. The predicted molar refractivity (Wildman–Crippen MR) is 102 cm³/mol. The summed E-state index contributed by atoms with van der Waals surface area (Å²) in [5, 5.41) is 25.5. The number of rotatable bonds is 10. The molecule has 0 aliphatic heterocycles. The van der Waals surface area contributed by atoms with Gasteiger partial charge in [-0.2, -0.15) is 0 Å². The molecule has 0 radical (unpaired) electrons. The maximum atomic E-state index is 12.0. The molecule has 0 spiro atoms. The molecule has 0 heterocycles. The number of hydrogen-bond acceptors (Lipinski definition) is 8. The first-order valence-electron chi connectivity index (χ1n) is 8.36. The van der Waals surface area contributed by atoms with Gasteiger partial charge in [0, 0.05) is 19.3 Å². The van der Waals surface area contributed by atoms with E-state index in [1.165, 1.54) is 13.1 Å². The first-order valence-corrected chi connectivity index (χ1v) is 8.36. The van der Waals surface area contributed by atoms with Crippen molar-refractivity contribution < 1.29 is 19.0 Å². The van der Waals surface area contributed by atoms with Gasteiger partial charge in [0.1, 0.15) is 5.57 Å². The summed E-state index contributed by atoms with van der Waals surface area (Å²) in [6.45, 7) is 11.1. The van der Waals surface area contributed by atoms with Crippen LogP contribution in [0.5, 0.6) is 0 Å². The summed E-state index contributed by atoms with van der Waals surface area (Å²) in [5.74, 6) is -0.488. The SMILES string of the molecule is CCOC(=O)/C(C=N)=C(/N/C=C/C(C)(C)C(=N)OC(C)=N)OCC(C)C. The maximum absolute atomic E-state index is 12.0. The van der Waals surface area contributed by atoms with Crippen LogP contribution in [0.2, 0.25) is 0 Å². The smallest absolute Gasteiger partial charge is 0.345 e. The summed E-state index contributed by atoms with van der Waals surface area (Å²) in [4.78, 5) is 12.0. The van der Waals surface area contributed by atoms with E-state index in [0.29, 0.717) is 6.61 Å². The summed E-state index contributed by atoms with van der Waals surface area (Å²) >= 11 is 0. The second-order valence-electron chi connectivity index (χ2n) is 6.50. The molecular formula is C18H30N4O4. The van der Waals surface area contributed by atoms with Crippen LogP contribution in [-0.4, -0.2) is 37.2 Å². The molecule has 0 atom stereocenters. The number of nitrogens with one attached hydrogen (secondary N) is 4. The molecule has 0 bridgehead atoms. The Balaban J connectivity index is 5.41. The minimum Gasteiger partial charge on any atom is -0.478 e. The molecule has 8 nitrogen and oxygen atoms in total. The maximum Gasteiger partial charge on any atom is 0.345 e. The zero-order valence-corrected chi connectivity index (χ0v) is 16.4. The highest BCUT2D eigenvalue weighted by Gasteiger charge is 2.23. The molecular weight excluding hydrogens is 336 g/mol. The Bertz CT molecular complexity index is 592. The standard InChI is InChI=1S/C18H30N4O4/c1-7-24-16(23)14(10-19)15(25-11-12(2)3)22-9-8-18(5,6)17(21)26-13(4)20/h8-10,12,19-22H,7,11H2,1-6H3/b9-8+,15-14-,19-10?,20-13?,21-17?. The topological polar surface area (TPSA) is 128 Å². The van der Waals surface area contributed by atoms with Crippen molar-refractivity contribution in [2.45, 2.75) is 41.5 Å². The van der Waals surface area contributed by atoms with Crippen LogP contribution in [-0.2, 0) is 19.0 Å². The van der Waals surface area contributed by atoms with E-state index >= 15 is 0 Å². The van der Waals surface area contributed by atoms with Crippen molar-refractivity contribution in [3.8, 4) is 0 Å². The third kappa shape index (κ3) is 8.46. The summed E-state index contributed by atoms with van der Waals surface area (Å²) in [6, 6.07) is 0. The summed E-state index contributed by atoms with van der Waals surface area (Å²) < 4.78 is 15.6. The Morgan fingerprint density at radius 1 is 1.23 bits per heavy atom. The third-order valence-electron chi connectivity index (χ3n) is 3.00. The Hall–Kier alpha value is -2.64. The molecule has 0 aromatic carbocycles. The van der Waals surface area contributed by atoms with Crippen LogP contribution in [0.1, 0.15) is 41.5 Å². The molecule has 0 aromatic heterocycles. The van der Waals surface area contributed by atoms with E-state index in [-0.39, 0.29) is 35.8 Å². The fourth-order valence-corrected chi connectivity index (χ4v) is 1.56. The molecule has 8 heteroatoms. The zero-order chi connectivity index (χ0) is 20.3. The first-order chi connectivity index (χ1) is 12.0. The molecule has 0 fully saturated rings. The number of ether oxygens (including phenoxy) is 3. The van der Waals surface area contributed by atoms with Crippen LogP contribution in [0, 0.1) is 27.6 Å². The van der Waals surface area contributed by atoms with Gasteiger partial charge in [-0.3, -0.25) is 10.8 Å². The van der Waals surface area contributed by atoms with Gasteiger partial charge in [-0.15, -0.1) is 0 Å². The Morgan fingerprint density at radius 3 is 2.31 bits per heavy atom. The highest BCUT2D eigenvalue weighted by atomic mass is 16.5. The van der Waals surface area contributed by atoms with Crippen molar-refractivity contribution in [2.24, 2.45) is 11.3 Å². The van der Waals surface area contributed by atoms with Crippen molar-refractivity contribution in [3.63, 3.8) is 0 Å². The Kier molecular flexibility index (Phi) is 9.94. The van der Waals surface area contributed by atoms with E-state index in [4.69, 9.17) is 30.4 Å². The number of esters is 1. The summed E-state index contributed by atoms with van der Waals surface area (Å²) in [7, 11) is 0. The van der Waals surface area contributed by atoms with Gasteiger partial charge in [-0.1, -0.05) is 19.9 Å². The second-order valence-corrected chi connectivity index (χ2v) is 6.50. The zero-order valence-electron chi connectivity index (χ0n) is 16.4. The van der Waals surface area contributed by atoms with Gasteiger partial charge < -0.3 is 24.9 Å². The summed E-state index contributed by atoms with van der Waals surface area (Å²) in [5.41, 5.74) is -0.815. The highest BCUT2D eigenvalue weighted by Crippen LogP contribution is 2.19. The Morgan fingerprint density at radius 2 is 1.85 bits per heavy atom. The molecule has 0 rings (SSSR count). The molecule has 26 heavy (non-hydrogen) atoms. The van der Waals surface area contributed by atoms with Gasteiger partial charge in [-0.05, 0) is 26.7 Å². The van der Waals surface area contributed by atoms with Gasteiger partial charge in [0.05, 0.1) is 18.6 Å². The van der Waals surface area contributed by atoms with Crippen LogP contribution in [0.25, 0.3) is 0 Å². The average molecular weight is 366 g/mol. The van der Waals surface area contributed by atoms with Crippen molar-refractivity contribution in [1.82, 2.24) is 5.32 Å². The number of carbonyl (C=O) groups excluding carboxylic acids is 1. The molecule has 0 aliphatic rings. The van der Waals surface area contributed by atoms with E-state index in [2.05, 4.69) is 5.32 Å². The van der Waals surface area contributed by atoms with Crippen molar-refractivity contribution in [2.75, 3.05) is 13.2 Å². The second kappa shape index (κ2) is 11.1. The molecule has 4 N–H and O–H groups in total. The van der Waals surface area contributed by atoms with E-state index in [0.717, 1.165) is 6.21 Å². The monoisotopic (exact) mass is 366 g/mol. The third-order valence-corrected chi connectivity index (χ3v) is 3.00. The average Bonchev–Trinajstić information content (AvgIpc) is 2.52. The highest BCUT2D eigenvalue weighted by molar-refractivity contribution is 6.08. The fraction of sp³-hybridized carbons (Fsp3) is 0.556. The van der Waals surface area contributed by atoms with E-state index in [1.54, 1.807) is 26.8 Å². The van der Waals surface area contributed by atoms with Gasteiger partial charge in [0.2, 0.25) is 5.88 Å². The van der Waals surface area contributed by atoms with Crippen LogP contribution in [0.15, 0.2) is 23.7 Å². The molecule has 0 aliphatic carbocycles. The largest absolute Gasteiger partial charge is 0.478 e. The van der Waals surface area contributed by atoms with Gasteiger partial charge in [0.25, 0.3) is 0 Å². The van der Waals surface area contributed by atoms with E-state index in [9.17, 15) is 4.79 Å². The molecule has 0 amide bonds. The van der Waals surface area contributed by atoms with Crippen molar-refractivity contribution in [1.29, 1.82) is 16.2 Å². The molecule has 0 unspecified atom stereocenters. The minimum absolute atomic E-state index is 0.0309. The van der Waals surface area contributed by atoms with E-state index < -0.39 is 11.4 Å². The van der Waals surface area contributed by atoms with Crippen molar-refractivity contribution in [3.05, 3.63) is 23.7 Å². The summed E-state index contributed by atoms with van der Waals surface area (Å²) in [6.07, 6.45) is 4.03. The quantitative estimate of drug-likeness (QED) is 0.155. The Labute approximate surface area is 155 Å². The first kappa shape index (κ1) is 23.4. The van der Waals surface area contributed by atoms with Gasteiger partial charge in [0.15, 0.2) is 11.8 Å². The van der Waals surface area contributed by atoms with E-state index in [1.807, 2.05) is 13.8 Å².